The highest BCUT2D eigenvalue weighted by Gasteiger charge is 2.28. The third-order valence-corrected chi connectivity index (χ3v) is 5.44. The van der Waals surface area contributed by atoms with E-state index in [0.29, 0.717) is 0 Å². The summed E-state index contributed by atoms with van der Waals surface area (Å²) in [6.07, 6.45) is 1.06. The molecule has 0 bridgehead atoms. The van der Waals surface area contributed by atoms with Crippen molar-refractivity contribution in [1.29, 1.82) is 0 Å². The van der Waals surface area contributed by atoms with Crippen LogP contribution in [0.5, 0.6) is 0 Å². The van der Waals surface area contributed by atoms with Crippen molar-refractivity contribution in [1.82, 2.24) is 0 Å². The van der Waals surface area contributed by atoms with E-state index in [4.69, 9.17) is 16.6 Å². The molecule has 1 aromatic rings. The van der Waals surface area contributed by atoms with Gasteiger partial charge in [0.25, 0.3) is 0 Å². The van der Waals surface area contributed by atoms with Gasteiger partial charge in [0.05, 0.1) is 11.2 Å². The molecule has 1 aliphatic rings. The van der Waals surface area contributed by atoms with Crippen molar-refractivity contribution in [2.24, 2.45) is 4.99 Å². The second-order valence-electron chi connectivity index (χ2n) is 4.76. The smallest absolute Gasteiger partial charge is 0.161 e. The fourth-order valence-corrected chi connectivity index (χ4v) is 3.54. The van der Waals surface area contributed by atoms with Gasteiger partial charge in [-0.1, -0.05) is 30.3 Å². The van der Waals surface area contributed by atoms with Gasteiger partial charge in [-0.2, -0.15) is 0 Å². The van der Waals surface area contributed by atoms with E-state index in [9.17, 15) is 0 Å². The Kier molecular flexibility index (Phi) is 4.29. The zero-order valence-electron chi connectivity index (χ0n) is 10.7. The van der Waals surface area contributed by atoms with E-state index < -0.39 is 0 Å². The Morgan fingerprint density at radius 1 is 1.56 bits per heavy atom. The average molecular weight is 348 g/mol. The maximum atomic E-state index is 6.15. The minimum Gasteiger partial charge on any atom is -0.334 e. The van der Waals surface area contributed by atoms with Gasteiger partial charge in [0.1, 0.15) is 0 Å². The molecule has 1 atom stereocenters. The number of aliphatic imine (C=N–C) groups is 1. The number of rotatable bonds is 2. The number of anilines is 1. The number of hydrogen-bond acceptors (Lipinski definition) is 3. The molecule has 0 radical (unpaired) electrons. The Morgan fingerprint density at radius 3 is 2.89 bits per heavy atom. The van der Waals surface area contributed by atoms with Crippen LogP contribution in [-0.4, -0.2) is 16.5 Å². The van der Waals surface area contributed by atoms with Crippen molar-refractivity contribution in [2.75, 3.05) is 11.1 Å². The molecule has 98 valence electrons. The van der Waals surface area contributed by atoms with Crippen LogP contribution in [0.1, 0.15) is 25.8 Å². The lowest BCUT2D eigenvalue weighted by molar-refractivity contribution is 0.523. The number of nitrogens with zero attached hydrogens (tertiary/aromatic N) is 1. The topological polar surface area (TPSA) is 24.4 Å². The molecule has 1 N–H and O–H groups in total. The largest absolute Gasteiger partial charge is 0.334 e. The molecule has 0 amide bonds. The van der Waals surface area contributed by atoms with E-state index in [1.54, 1.807) is 11.8 Å². The number of aryl methyl sites for hydroxylation is 1. The fraction of sp³-hybridized carbons (Fsp3) is 0.462. The van der Waals surface area contributed by atoms with E-state index in [1.165, 1.54) is 0 Å². The summed E-state index contributed by atoms with van der Waals surface area (Å²) < 4.78 is 1.01. The number of nitrogens with one attached hydrogen (secondary N) is 1. The van der Waals surface area contributed by atoms with Crippen molar-refractivity contribution in [3.63, 3.8) is 0 Å². The molecule has 1 heterocycles. The SMILES string of the molecule is CCC1(C)CSC(Nc2cc(Cl)c(C)cc2Br)=N1. The summed E-state index contributed by atoms with van der Waals surface area (Å²) in [7, 11) is 0. The van der Waals surface area contributed by atoms with Crippen molar-refractivity contribution in [2.45, 2.75) is 32.7 Å². The maximum Gasteiger partial charge on any atom is 0.161 e. The average Bonchev–Trinajstić information content (AvgIpc) is 2.69. The van der Waals surface area contributed by atoms with E-state index >= 15 is 0 Å². The second kappa shape index (κ2) is 5.43. The Morgan fingerprint density at radius 2 is 2.28 bits per heavy atom. The highest BCUT2D eigenvalue weighted by atomic mass is 79.9. The van der Waals surface area contributed by atoms with Crippen LogP contribution >= 0.6 is 39.3 Å². The first-order valence-corrected chi connectivity index (χ1v) is 8.04. The zero-order valence-corrected chi connectivity index (χ0v) is 13.8. The third-order valence-electron chi connectivity index (χ3n) is 3.14. The van der Waals surface area contributed by atoms with Crippen molar-refractivity contribution >= 4 is 50.1 Å². The van der Waals surface area contributed by atoms with E-state index in [1.807, 2.05) is 19.1 Å². The number of hydrogen-bond donors (Lipinski definition) is 1. The van der Waals surface area contributed by atoms with Crippen LogP contribution in [0, 0.1) is 6.92 Å². The van der Waals surface area contributed by atoms with Crippen LogP contribution in [0.4, 0.5) is 5.69 Å². The number of halogens is 2. The van der Waals surface area contributed by atoms with E-state index in [2.05, 4.69) is 35.1 Å². The van der Waals surface area contributed by atoms with E-state index in [0.717, 1.165) is 38.1 Å². The van der Waals surface area contributed by atoms with Crippen LogP contribution in [-0.2, 0) is 0 Å². The summed E-state index contributed by atoms with van der Waals surface area (Å²) in [5.74, 6) is 1.03. The van der Waals surface area contributed by atoms with Gasteiger partial charge in [-0.25, -0.2) is 0 Å². The van der Waals surface area contributed by atoms with Gasteiger partial charge in [0.2, 0.25) is 0 Å². The minimum atomic E-state index is 0.0635. The van der Waals surface area contributed by atoms with Crippen LogP contribution in [0.25, 0.3) is 0 Å². The van der Waals surface area contributed by atoms with Gasteiger partial charge in [-0.05, 0) is 53.9 Å². The number of thioether (sulfide) groups is 1. The molecular formula is C13H16BrClN2S. The van der Waals surface area contributed by atoms with E-state index in [-0.39, 0.29) is 5.54 Å². The Bertz CT molecular complexity index is 504. The number of benzene rings is 1. The van der Waals surface area contributed by atoms with Gasteiger partial charge in [-0.15, -0.1) is 0 Å². The predicted molar refractivity (Wildman–Crippen MR) is 86.1 cm³/mol. The summed E-state index contributed by atoms with van der Waals surface area (Å²) >= 11 is 11.5. The molecule has 0 fully saturated rings. The first-order valence-electron chi connectivity index (χ1n) is 5.89. The molecule has 1 unspecified atom stereocenters. The molecule has 2 nitrogen and oxygen atoms in total. The van der Waals surface area contributed by atoms with Crippen LogP contribution < -0.4 is 5.32 Å². The molecule has 0 saturated heterocycles. The molecule has 5 heteroatoms. The fourth-order valence-electron chi connectivity index (χ4n) is 1.64. The highest BCUT2D eigenvalue weighted by molar-refractivity contribution is 9.10. The molecule has 0 aromatic heterocycles. The molecule has 1 aromatic carbocycles. The Labute approximate surface area is 126 Å². The molecule has 1 aliphatic heterocycles. The minimum absolute atomic E-state index is 0.0635. The van der Waals surface area contributed by atoms with Gasteiger partial charge in [0.15, 0.2) is 5.17 Å². The molecule has 0 saturated carbocycles. The first kappa shape index (κ1) is 14.2. The predicted octanol–water partition coefficient (Wildman–Crippen LogP) is 5.09. The zero-order chi connectivity index (χ0) is 13.3. The molecule has 0 spiro atoms. The molecule has 0 aliphatic carbocycles. The standard InChI is InChI=1S/C13H16BrClN2S/c1-4-13(3)7-18-12(17-13)16-11-6-10(15)8(2)5-9(11)14/h5-6H,4,7H2,1-3H3,(H,16,17). The van der Waals surface area contributed by atoms with Crippen LogP contribution in [0.15, 0.2) is 21.6 Å². The van der Waals surface area contributed by atoms with Gasteiger partial charge < -0.3 is 5.32 Å². The van der Waals surface area contributed by atoms with Gasteiger partial charge >= 0.3 is 0 Å². The molecule has 18 heavy (non-hydrogen) atoms. The maximum absolute atomic E-state index is 6.15. The molecular weight excluding hydrogens is 332 g/mol. The first-order chi connectivity index (χ1) is 8.43. The highest BCUT2D eigenvalue weighted by Crippen LogP contribution is 2.34. The Balaban J connectivity index is 2.21. The monoisotopic (exact) mass is 346 g/mol. The lowest BCUT2D eigenvalue weighted by Gasteiger charge is -2.15. The second-order valence-corrected chi connectivity index (χ2v) is 6.99. The lowest BCUT2D eigenvalue weighted by atomic mass is 10.0. The summed E-state index contributed by atoms with van der Waals surface area (Å²) in [5.41, 5.74) is 2.10. The summed E-state index contributed by atoms with van der Waals surface area (Å²) in [5, 5.41) is 5.09. The summed E-state index contributed by atoms with van der Waals surface area (Å²) in [6, 6.07) is 3.95. The van der Waals surface area contributed by atoms with Crippen molar-refractivity contribution in [3.8, 4) is 0 Å². The summed E-state index contributed by atoms with van der Waals surface area (Å²) in [4.78, 5) is 4.73. The third kappa shape index (κ3) is 3.03. The molecule has 2 rings (SSSR count). The normalized spacial score (nSPS) is 23.1. The van der Waals surface area contributed by atoms with Gasteiger partial charge in [0, 0.05) is 15.2 Å². The Hall–Kier alpha value is -0.190. The van der Waals surface area contributed by atoms with Crippen molar-refractivity contribution in [3.05, 3.63) is 27.2 Å². The van der Waals surface area contributed by atoms with Crippen LogP contribution in [0.3, 0.4) is 0 Å². The number of amidine groups is 1. The summed E-state index contributed by atoms with van der Waals surface area (Å²) in [6.45, 7) is 6.35. The quantitative estimate of drug-likeness (QED) is 0.805. The van der Waals surface area contributed by atoms with Crippen molar-refractivity contribution < 1.29 is 0 Å². The van der Waals surface area contributed by atoms with Gasteiger partial charge in [-0.3, -0.25) is 4.99 Å². The lowest BCUT2D eigenvalue weighted by Crippen LogP contribution is -2.20. The van der Waals surface area contributed by atoms with Crippen LogP contribution in [0.2, 0.25) is 5.02 Å².